The van der Waals surface area contributed by atoms with Gasteiger partial charge in [-0.25, -0.2) is 0 Å². The number of esters is 1. The van der Waals surface area contributed by atoms with Crippen molar-refractivity contribution in [2.75, 3.05) is 7.11 Å². The molecule has 0 amide bonds. The molecular formula is C23H16O6S. The zero-order valence-corrected chi connectivity index (χ0v) is 16.7. The normalized spacial score (nSPS) is 15.6. The largest absolute Gasteiger partial charge is 0.507 e. The number of methoxy groups -OCH3 is 1. The number of ether oxygens (including phenoxy) is 2. The molecule has 6 nitrogen and oxygen atoms in total. The van der Waals surface area contributed by atoms with Crippen LogP contribution in [0.15, 0.2) is 63.3 Å². The van der Waals surface area contributed by atoms with Gasteiger partial charge in [0.15, 0.2) is 0 Å². The molecule has 30 heavy (non-hydrogen) atoms. The molecule has 0 saturated carbocycles. The van der Waals surface area contributed by atoms with Crippen molar-refractivity contribution in [3.63, 3.8) is 0 Å². The number of rotatable bonds is 3. The fourth-order valence-corrected chi connectivity index (χ4v) is 4.67. The number of phenolic OH excluding ortho intramolecular Hbond substituents is 1. The van der Waals surface area contributed by atoms with E-state index in [1.807, 2.05) is 17.5 Å². The molecule has 3 heterocycles. The van der Waals surface area contributed by atoms with Gasteiger partial charge in [-0.05, 0) is 29.1 Å². The molecule has 1 atom stereocenters. The lowest BCUT2D eigenvalue weighted by Crippen LogP contribution is -2.21. The molecule has 7 heteroatoms. The Balaban J connectivity index is 1.75. The molecule has 150 valence electrons. The van der Waals surface area contributed by atoms with E-state index in [1.54, 1.807) is 31.4 Å². The monoisotopic (exact) mass is 420 g/mol. The second-order valence-corrected chi connectivity index (χ2v) is 7.94. The van der Waals surface area contributed by atoms with Crippen LogP contribution < -0.4 is 14.9 Å². The fourth-order valence-electron chi connectivity index (χ4n) is 3.83. The van der Waals surface area contributed by atoms with Crippen molar-refractivity contribution in [1.82, 2.24) is 0 Å². The van der Waals surface area contributed by atoms with E-state index in [1.165, 1.54) is 23.7 Å². The fraction of sp³-hybridized carbons (Fsp3) is 0.130. The van der Waals surface area contributed by atoms with Crippen molar-refractivity contribution < 1.29 is 23.8 Å². The predicted molar refractivity (Wildman–Crippen MR) is 113 cm³/mol. The van der Waals surface area contributed by atoms with Crippen LogP contribution in [0.3, 0.4) is 0 Å². The number of thiophene rings is 1. The summed E-state index contributed by atoms with van der Waals surface area (Å²) in [7, 11) is 1.57. The molecule has 0 spiro atoms. The number of hydrogen-bond donors (Lipinski definition) is 1. The summed E-state index contributed by atoms with van der Waals surface area (Å²) in [6.45, 7) is 0. The first-order valence-electron chi connectivity index (χ1n) is 9.26. The SMILES string of the molecule is COc1ccc(-c2coc3c4c(cc(O)c3c2=O)OC(=O)C[C@@H]4c2cccs2)cc1. The smallest absolute Gasteiger partial charge is 0.312 e. The average Bonchev–Trinajstić information content (AvgIpc) is 3.28. The molecule has 2 aromatic carbocycles. The molecule has 1 N–H and O–H groups in total. The molecular weight excluding hydrogens is 404 g/mol. The first-order valence-corrected chi connectivity index (χ1v) is 10.1. The van der Waals surface area contributed by atoms with Gasteiger partial charge in [0.1, 0.15) is 34.5 Å². The van der Waals surface area contributed by atoms with E-state index in [0.29, 0.717) is 22.4 Å². The Kier molecular flexibility index (Phi) is 4.33. The second-order valence-electron chi connectivity index (χ2n) is 6.96. The summed E-state index contributed by atoms with van der Waals surface area (Å²) in [5, 5.41) is 12.6. The summed E-state index contributed by atoms with van der Waals surface area (Å²) in [5.74, 6) is -0.0971. The summed E-state index contributed by atoms with van der Waals surface area (Å²) in [6, 6.07) is 12.2. The molecule has 1 aliphatic heterocycles. The van der Waals surface area contributed by atoms with Crippen molar-refractivity contribution in [1.29, 1.82) is 0 Å². The standard InChI is InChI=1S/C23H16O6S/c1-27-13-6-4-12(5-7-13)15-11-28-23-20-14(18-3-2-8-30-18)9-19(25)29-17(20)10-16(24)21(23)22(15)26/h2-8,10-11,14,24H,9H2,1H3/t14-/m1/s1. The van der Waals surface area contributed by atoms with Crippen LogP contribution in [-0.2, 0) is 4.79 Å². The molecule has 0 bridgehead atoms. The Labute approximate surface area is 174 Å². The number of carbonyl (C=O) groups is 1. The van der Waals surface area contributed by atoms with Gasteiger partial charge in [-0.2, -0.15) is 0 Å². The Morgan fingerprint density at radius 3 is 2.67 bits per heavy atom. The molecule has 0 saturated heterocycles. The zero-order chi connectivity index (χ0) is 20.8. The number of fused-ring (bicyclic) bond motifs is 3. The van der Waals surface area contributed by atoms with Gasteiger partial charge in [0.2, 0.25) is 5.43 Å². The van der Waals surface area contributed by atoms with Crippen molar-refractivity contribution in [2.24, 2.45) is 0 Å². The van der Waals surface area contributed by atoms with E-state index < -0.39 is 5.97 Å². The number of aromatic hydroxyl groups is 1. The zero-order valence-electron chi connectivity index (χ0n) is 15.9. The third-order valence-electron chi connectivity index (χ3n) is 5.26. The first-order chi connectivity index (χ1) is 14.6. The van der Waals surface area contributed by atoms with Gasteiger partial charge in [0.25, 0.3) is 0 Å². The van der Waals surface area contributed by atoms with Crippen molar-refractivity contribution in [2.45, 2.75) is 12.3 Å². The molecule has 0 unspecified atom stereocenters. The highest BCUT2D eigenvalue weighted by Gasteiger charge is 2.34. The highest BCUT2D eigenvalue weighted by molar-refractivity contribution is 7.10. The molecule has 2 aromatic heterocycles. The van der Waals surface area contributed by atoms with Crippen LogP contribution in [0, 0.1) is 0 Å². The maximum absolute atomic E-state index is 13.3. The molecule has 0 radical (unpaired) electrons. The minimum atomic E-state index is -0.392. The Hall–Kier alpha value is -3.58. The average molecular weight is 420 g/mol. The molecule has 0 fully saturated rings. The van der Waals surface area contributed by atoms with E-state index in [9.17, 15) is 14.7 Å². The number of hydrogen-bond acceptors (Lipinski definition) is 7. The van der Waals surface area contributed by atoms with Gasteiger partial charge in [-0.3, -0.25) is 9.59 Å². The maximum Gasteiger partial charge on any atom is 0.312 e. The summed E-state index contributed by atoms with van der Waals surface area (Å²) >= 11 is 1.51. The molecule has 5 rings (SSSR count). The summed E-state index contributed by atoms with van der Waals surface area (Å²) in [4.78, 5) is 26.4. The number of benzene rings is 2. The van der Waals surface area contributed by atoms with Crippen LogP contribution in [0.1, 0.15) is 22.8 Å². The van der Waals surface area contributed by atoms with Gasteiger partial charge in [0, 0.05) is 22.4 Å². The van der Waals surface area contributed by atoms with Crippen LogP contribution in [-0.4, -0.2) is 18.2 Å². The minimum Gasteiger partial charge on any atom is -0.507 e. The van der Waals surface area contributed by atoms with Crippen LogP contribution in [0.4, 0.5) is 0 Å². The van der Waals surface area contributed by atoms with Crippen LogP contribution in [0.25, 0.3) is 22.1 Å². The van der Waals surface area contributed by atoms with Crippen molar-refractivity contribution in [3.05, 3.63) is 74.8 Å². The topological polar surface area (TPSA) is 86.0 Å². The summed E-state index contributed by atoms with van der Waals surface area (Å²) in [5.41, 5.74) is 1.44. The van der Waals surface area contributed by atoms with Gasteiger partial charge < -0.3 is 19.0 Å². The van der Waals surface area contributed by atoms with Crippen LogP contribution >= 0.6 is 11.3 Å². The summed E-state index contributed by atoms with van der Waals surface area (Å²) in [6.07, 6.45) is 1.52. The third-order valence-corrected chi connectivity index (χ3v) is 6.24. The van der Waals surface area contributed by atoms with Crippen LogP contribution in [0.2, 0.25) is 0 Å². The Morgan fingerprint density at radius 2 is 1.97 bits per heavy atom. The molecule has 0 aliphatic carbocycles. The van der Waals surface area contributed by atoms with E-state index in [2.05, 4.69) is 0 Å². The molecule has 1 aliphatic rings. The van der Waals surface area contributed by atoms with Gasteiger partial charge in [0.05, 0.1) is 19.1 Å². The highest BCUT2D eigenvalue weighted by Crippen LogP contribution is 2.46. The number of carbonyl (C=O) groups excluding carboxylic acids is 1. The van der Waals surface area contributed by atoms with Gasteiger partial charge in [-0.15, -0.1) is 11.3 Å². The van der Waals surface area contributed by atoms with Crippen LogP contribution in [0.5, 0.6) is 17.2 Å². The van der Waals surface area contributed by atoms with E-state index in [4.69, 9.17) is 13.9 Å². The Bertz CT molecular complexity index is 1320. The molecule has 4 aromatic rings. The predicted octanol–water partition coefficient (Wildman–Crippen LogP) is 4.68. The van der Waals surface area contributed by atoms with Gasteiger partial charge in [-0.1, -0.05) is 18.2 Å². The third kappa shape index (κ3) is 2.86. The van der Waals surface area contributed by atoms with E-state index in [-0.39, 0.29) is 40.2 Å². The van der Waals surface area contributed by atoms with Gasteiger partial charge >= 0.3 is 5.97 Å². The van der Waals surface area contributed by atoms with Crippen molar-refractivity contribution >= 4 is 28.3 Å². The van der Waals surface area contributed by atoms with E-state index in [0.717, 1.165) is 4.88 Å². The summed E-state index contributed by atoms with van der Waals surface area (Å²) < 4.78 is 16.4. The maximum atomic E-state index is 13.3. The second kappa shape index (κ2) is 7.03. The quantitative estimate of drug-likeness (QED) is 0.383. The Morgan fingerprint density at radius 1 is 1.17 bits per heavy atom. The first kappa shape index (κ1) is 18.4. The number of phenols is 1. The minimum absolute atomic E-state index is 0.0709. The lowest BCUT2D eigenvalue weighted by Gasteiger charge is -2.24. The lowest BCUT2D eigenvalue weighted by atomic mass is 9.89. The highest BCUT2D eigenvalue weighted by atomic mass is 32.1. The lowest BCUT2D eigenvalue weighted by molar-refractivity contribution is -0.135. The van der Waals surface area contributed by atoms with E-state index >= 15 is 0 Å². The van der Waals surface area contributed by atoms with Crippen molar-refractivity contribution in [3.8, 4) is 28.4 Å².